The van der Waals surface area contributed by atoms with Gasteiger partial charge in [0, 0.05) is 19.1 Å². The molecule has 1 amide bonds. The first kappa shape index (κ1) is 16.0. The number of amides is 1. The molecular weight excluding hydrogens is 260 g/mol. The molecule has 3 nitrogen and oxygen atoms in total. The summed E-state index contributed by atoms with van der Waals surface area (Å²) in [5, 5.41) is 0. The standard InChI is InChI=1S/C18H28N2O/c1-14(17(19)15-10-6-5-7-11-15)18(21)20(2)16-12-8-3-4-9-13-16/h5-7,10-11,14,16-17H,3-4,8-9,12-13,19H2,1-2H3. The van der Waals surface area contributed by atoms with Crippen molar-refractivity contribution in [1.29, 1.82) is 0 Å². The minimum atomic E-state index is -0.230. The van der Waals surface area contributed by atoms with Gasteiger partial charge >= 0.3 is 0 Å². The maximum Gasteiger partial charge on any atom is 0.227 e. The number of carbonyl (C=O) groups is 1. The smallest absolute Gasteiger partial charge is 0.227 e. The predicted molar refractivity (Wildman–Crippen MR) is 86.8 cm³/mol. The van der Waals surface area contributed by atoms with E-state index in [0.717, 1.165) is 18.4 Å². The molecule has 0 aromatic heterocycles. The monoisotopic (exact) mass is 288 g/mol. The van der Waals surface area contributed by atoms with Gasteiger partial charge in [0.05, 0.1) is 5.92 Å². The molecule has 1 aromatic carbocycles. The molecule has 0 heterocycles. The van der Waals surface area contributed by atoms with E-state index in [1.807, 2.05) is 49.2 Å². The van der Waals surface area contributed by atoms with Crippen molar-refractivity contribution < 1.29 is 4.79 Å². The highest BCUT2D eigenvalue weighted by Gasteiger charge is 2.28. The number of benzene rings is 1. The molecule has 2 rings (SSSR count). The van der Waals surface area contributed by atoms with Crippen LogP contribution in [0.2, 0.25) is 0 Å². The Morgan fingerprint density at radius 1 is 1.14 bits per heavy atom. The Kier molecular flexibility index (Phi) is 5.80. The van der Waals surface area contributed by atoms with E-state index in [2.05, 4.69) is 0 Å². The van der Waals surface area contributed by atoms with Gasteiger partial charge in [-0.15, -0.1) is 0 Å². The van der Waals surface area contributed by atoms with E-state index in [1.54, 1.807) is 0 Å². The van der Waals surface area contributed by atoms with Gasteiger partial charge in [0.1, 0.15) is 0 Å². The average molecular weight is 288 g/mol. The molecule has 2 unspecified atom stereocenters. The Hall–Kier alpha value is -1.35. The summed E-state index contributed by atoms with van der Waals surface area (Å²) in [6, 6.07) is 10.1. The molecule has 0 saturated heterocycles. The van der Waals surface area contributed by atoms with Crippen LogP contribution in [0.3, 0.4) is 0 Å². The molecule has 0 bridgehead atoms. The Morgan fingerprint density at radius 3 is 2.29 bits per heavy atom. The molecule has 1 aliphatic rings. The van der Waals surface area contributed by atoms with Crippen LogP contribution in [0.4, 0.5) is 0 Å². The van der Waals surface area contributed by atoms with Gasteiger partial charge in [-0.1, -0.05) is 62.9 Å². The SMILES string of the molecule is CC(C(=O)N(C)C1CCCCCC1)C(N)c1ccccc1. The molecule has 3 heteroatoms. The van der Waals surface area contributed by atoms with Gasteiger partial charge in [0.15, 0.2) is 0 Å². The molecule has 1 aromatic rings. The lowest BCUT2D eigenvalue weighted by molar-refractivity contribution is -0.136. The van der Waals surface area contributed by atoms with Gasteiger partial charge in [-0.05, 0) is 18.4 Å². The maximum atomic E-state index is 12.7. The third kappa shape index (κ3) is 4.07. The van der Waals surface area contributed by atoms with E-state index in [0.29, 0.717) is 6.04 Å². The van der Waals surface area contributed by atoms with E-state index < -0.39 is 0 Å². The Balaban J connectivity index is 2.00. The summed E-state index contributed by atoms with van der Waals surface area (Å²) < 4.78 is 0. The number of nitrogens with two attached hydrogens (primary N) is 1. The quantitative estimate of drug-likeness (QED) is 0.862. The van der Waals surface area contributed by atoms with Crippen molar-refractivity contribution in [3.8, 4) is 0 Å². The average Bonchev–Trinajstić information content (AvgIpc) is 2.82. The van der Waals surface area contributed by atoms with Crippen LogP contribution in [0.1, 0.15) is 57.1 Å². The Labute approximate surface area is 128 Å². The second kappa shape index (κ2) is 7.60. The van der Waals surface area contributed by atoms with Crippen molar-refractivity contribution >= 4 is 5.91 Å². The highest BCUT2D eigenvalue weighted by Crippen LogP contribution is 2.25. The van der Waals surface area contributed by atoms with Gasteiger partial charge in [-0.3, -0.25) is 4.79 Å². The van der Waals surface area contributed by atoms with Crippen LogP contribution in [0.15, 0.2) is 30.3 Å². The number of hydrogen-bond acceptors (Lipinski definition) is 2. The fourth-order valence-corrected chi connectivity index (χ4v) is 3.26. The van der Waals surface area contributed by atoms with Crippen LogP contribution < -0.4 is 5.73 Å². The molecule has 2 atom stereocenters. The van der Waals surface area contributed by atoms with Gasteiger partial charge in [0.25, 0.3) is 0 Å². The Morgan fingerprint density at radius 2 is 1.71 bits per heavy atom. The lowest BCUT2D eigenvalue weighted by Gasteiger charge is -2.31. The van der Waals surface area contributed by atoms with Gasteiger partial charge < -0.3 is 10.6 Å². The molecule has 116 valence electrons. The minimum absolute atomic E-state index is 0.179. The van der Waals surface area contributed by atoms with Crippen LogP contribution in [-0.2, 0) is 4.79 Å². The number of hydrogen-bond donors (Lipinski definition) is 1. The molecule has 1 fully saturated rings. The fraction of sp³-hybridized carbons (Fsp3) is 0.611. The van der Waals surface area contributed by atoms with E-state index >= 15 is 0 Å². The first-order valence-electron chi connectivity index (χ1n) is 8.18. The zero-order valence-corrected chi connectivity index (χ0v) is 13.3. The topological polar surface area (TPSA) is 46.3 Å². The second-order valence-electron chi connectivity index (χ2n) is 6.32. The van der Waals surface area contributed by atoms with Crippen LogP contribution >= 0.6 is 0 Å². The fourth-order valence-electron chi connectivity index (χ4n) is 3.26. The molecule has 1 saturated carbocycles. The van der Waals surface area contributed by atoms with E-state index in [9.17, 15) is 4.79 Å². The van der Waals surface area contributed by atoms with Gasteiger partial charge in [0.2, 0.25) is 5.91 Å². The third-order valence-corrected chi connectivity index (χ3v) is 4.83. The molecule has 21 heavy (non-hydrogen) atoms. The van der Waals surface area contributed by atoms with Gasteiger partial charge in [-0.25, -0.2) is 0 Å². The van der Waals surface area contributed by atoms with Crippen LogP contribution in [0.25, 0.3) is 0 Å². The van der Waals surface area contributed by atoms with Crippen molar-refractivity contribution in [2.75, 3.05) is 7.05 Å². The maximum absolute atomic E-state index is 12.7. The largest absolute Gasteiger partial charge is 0.342 e. The van der Waals surface area contributed by atoms with Crippen molar-refractivity contribution in [2.24, 2.45) is 11.7 Å². The van der Waals surface area contributed by atoms with Crippen molar-refractivity contribution in [1.82, 2.24) is 4.90 Å². The molecule has 0 radical (unpaired) electrons. The summed E-state index contributed by atoms with van der Waals surface area (Å²) in [4.78, 5) is 14.7. The predicted octanol–water partition coefficient (Wildman–Crippen LogP) is 3.50. The van der Waals surface area contributed by atoms with Crippen LogP contribution in [0, 0.1) is 5.92 Å². The summed E-state index contributed by atoms with van der Waals surface area (Å²) in [6.07, 6.45) is 7.35. The van der Waals surface area contributed by atoms with E-state index in [4.69, 9.17) is 5.73 Å². The molecule has 2 N–H and O–H groups in total. The minimum Gasteiger partial charge on any atom is -0.342 e. The summed E-state index contributed by atoms with van der Waals surface area (Å²) in [6.45, 7) is 1.95. The number of rotatable bonds is 4. The molecule has 1 aliphatic carbocycles. The zero-order valence-electron chi connectivity index (χ0n) is 13.3. The van der Waals surface area contributed by atoms with E-state index in [-0.39, 0.29) is 17.9 Å². The summed E-state index contributed by atoms with van der Waals surface area (Å²) >= 11 is 0. The molecule has 0 spiro atoms. The summed E-state index contributed by atoms with van der Waals surface area (Å²) in [5.41, 5.74) is 7.32. The Bertz CT molecular complexity index is 438. The van der Waals surface area contributed by atoms with Gasteiger partial charge in [-0.2, -0.15) is 0 Å². The number of nitrogens with zero attached hydrogens (tertiary/aromatic N) is 1. The van der Waals surface area contributed by atoms with Crippen LogP contribution in [0.5, 0.6) is 0 Å². The second-order valence-corrected chi connectivity index (χ2v) is 6.32. The highest BCUT2D eigenvalue weighted by atomic mass is 16.2. The zero-order chi connectivity index (χ0) is 15.2. The van der Waals surface area contributed by atoms with E-state index in [1.165, 1.54) is 25.7 Å². The first-order valence-corrected chi connectivity index (χ1v) is 8.18. The van der Waals surface area contributed by atoms with Crippen molar-refractivity contribution in [2.45, 2.75) is 57.5 Å². The highest BCUT2D eigenvalue weighted by molar-refractivity contribution is 5.79. The number of carbonyl (C=O) groups excluding carboxylic acids is 1. The third-order valence-electron chi connectivity index (χ3n) is 4.83. The van der Waals surface area contributed by atoms with Crippen LogP contribution in [-0.4, -0.2) is 23.9 Å². The normalized spacial score (nSPS) is 19.6. The lowest BCUT2D eigenvalue weighted by atomic mass is 9.93. The first-order chi connectivity index (χ1) is 10.1. The van der Waals surface area contributed by atoms with Crippen molar-refractivity contribution in [3.63, 3.8) is 0 Å². The molecular formula is C18H28N2O. The summed E-state index contributed by atoms with van der Waals surface area (Å²) in [5.74, 6) is -0.00101. The summed E-state index contributed by atoms with van der Waals surface area (Å²) in [7, 11) is 1.95. The van der Waals surface area contributed by atoms with Crippen molar-refractivity contribution in [3.05, 3.63) is 35.9 Å². The lowest BCUT2D eigenvalue weighted by Crippen LogP contribution is -2.42. The molecule has 0 aliphatic heterocycles.